The minimum Gasteiger partial charge on any atom is -0.484 e. The average Bonchev–Trinajstić information content (AvgIpc) is 2.61. The molecule has 2 aromatic carbocycles. The lowest BCUT2D eigenvalue weighted by Gasteiger charge is -2.11. The van der Waals surface area contributed by atoms with Crippen molar-refractivity contribution in [1.82, 2.24) is 0 Å². The Hall–Kier alpha value is -2.60. The predicted octanol–water partition coefficient (Wildman–Crippen LogP) is 5.00. The van der Waals surface area contributed by atoms with Gasteiger partial charge in [-0.2, -0.15) is 0 Å². The van der Waals surface area contributed by atoms with Crippen LogP contribution in [0.5, 0.6) is 5.75 Å². The van der Waals surface area contributed by atoms with E-state index in [1.165, 1.54) is 6.07 Å². The number of rotatable bonds is 5. The van der Waals surface area contributed by atoms with Gasteiger partial charge in [0.05, 0.1) is 0 Å². The van der Waals surface area contributed by atoms with Gasteiger partial charge in [0.15, 0.2) is 6.61 Å². The summed E-state index contributed by atoms with van der Waals surface area (Å²) in [5.74, 6) is 0.399. The average molecular weight is 430 g/mol. The number of benzene rings is 2. The number of anilines is 1. The molecule has 1 heterocycles. The Kier molecular flexibility index (Phi) is 5.65. The van der Waals surface area contributed by atoms with E-state index in [-0.39, 0.29) is 18.4 Å². The Balaban J connectivity index is 1.73. The maximum atomic E-state index is 12.2. The molecule has 27 heavy (non-hydrogen) atoms. The Morgan fingerprint density at radius 2 is 1.96 bits per heavy atom. The fraction of sp³-hybridized carbons (Fsp3) is 0.238. The summed E-state index contributed by atoms with van der Waals surface area (Å²) in [5, 5.41) is 3.69. The van der Waals surface area contributed by atoms with Gasteiger partial charge in [0.25, 0.3) is 5.91 Å². The molecule has 1 aromatic heterocycles. The first-order valence-electron chi connectivity index (χ1n) is 8.60. The molecule has 5 nitrogen and oxygen atoms in total. The van der Waals surface area contributed by atoms with Gasteiger partial charge in [0.2, 0.25) is 0 Å². The lowest BCUT2D eigenvalue weighted by Crippen LogP contribution is -2.20. The van der Waals surface area contributed by atoms with Crippen molar-refractivity contribution in [3.8, 4) is 5.75 Å². The first-order valence-corrected chi connectivity index (χ1v) is 9.39. The second-order valence-corrected chi connectivity index (χ2v) is 7.55. The number of halogens is 1. The van der Waals surface area contributed by atoms with E-state index < -0.39 is 5.63 Å². The van der Waals surface area contributed by atoms with Gasteiger partial charge in [0, 0.05) is 27.7 Å². The molecule has 0 bridgehead atoms. The Morgan fingerprint density at radius 1 is 1.19 bits per heavy atom. The summed E-state index contributed by atoms with van der Waals surface area (Å²) in [6, 6.07) is 12.4. The van der Waals surface area contributed by atoms with Crippen molar-refractivity contribution < 1.29 is 13.9 Å². The number of hydrogen-bond acceptors (Lipinski definition) is 4. The number of fused-ring (bicyclic) bond motifs is 1. The zero-order chi connectivity index (χ0) is 19.6. The highest BCUT2D eigenvalue weighted by atomic mass is 79.9. The van der Waals surface area contributed by atoms with Crippen LogP contribution in [0.3, 0.4) is 0 Å². The van der Waals surface area contributed by atoms with Crippen molar-refractivity contribution in [2.45, 2.75) is 26.7 Å². The summed E-state index contributed by atoms with van der Waals surface area (Å²) < 4.78 is 11.8. The van der Waals surface area contributed by atoms with Crippen LogP contribution in [0.15, 0.2) is 56.1 Å². The van der Waals surface area contributed by atoms with Crippen molar-refractivity contribution in [3.63, 3.8) is 0 Å². The third kappa shape index (κ3) is 4.57. The summed E-state index contributed by atoms with van der Waals surface area (Å²) >= 11 is 3.39. The number of carbonyl (C=O) groups is 1. The van der Waals surface area contributed by atoms with Crippen molar-refractivity contribution in [1.29, 1.82) is 0 Å². The largest absolute Gasteiger partial charge is 0.484 e. The maximum Gasteiger partial charge on any atom is 0.336 e. The highest BCUT2D eigenvalue weighted by Crippen LogP contribution is 2.27. The molecule has 6 heteroatoms. The van der Waals surface area contributed by atoms with Crippen LogP contribution in [0.25, 0.3) is 11.0 Å². The first kappa shape index (κ1) is 19.2. The lowest BCUT2D eigenvalue weighted by atomic mass is 10.00. The number of aryl methyl sites for hydroxylation is 1. The van der Waals surface area contributed by atoms with Crippen LogP contribution in [0.1, 0.15) is 30.9 Å². The van der Waals surface area contributed by atoms with Crippen molar-refractivity contribution >= 4 is 38.5 Å². The smallest absolute Gasteiger partial charge is 0.336 e. The standard InChI is InChI=1S/C21H20BrNO4/c1-12(2)17-10-21(25)27-19-9-15(5-6-16(17)19)26-11-20(24)23-18-7-4-14(22)8-13(18)3/h4-10,12H,11H2,1-3H3,(H,23,24). The van der Waals surface area contributed by atoms with Gasteiger partial charge in [0.1, 0.15) is 11.3 Å². The number of nitrogens with one attached hydrogen (secondary N) is 1. The number of amides is 1. The summed E-state index contributed by atoms with van der Waals surface area (Å²) in [6.45, 7) is 5.81. The minimum atomic E-state index is -0.396. The zero-order valence-electron chi connectivity index (χ0n) is 15.3. The van der Waals surface area contributed by atoms with E-state index in [0.717, 1.165) is 26.7 Å². The first-order chi connectivity index (χ1) is 12.8. The molecule has 0 unspecified atom stereocenters. The molecule has 1 amide bonds. The SMILES string of the molecule is Cc1cc(Br)ccc1NC(=O)COc1ccc2c(C(C)C)cc(=O)oc2c1. The molecule has 0 fully saturated rings. The van der Waals surface area contributed by atoms with Gasteiger partial charge in [-0.1, -0.05) is 29.8 Å². The molecule has 3 rings (SSSR count). The third-order valence-electron chi connectivity index (χ3n) is 4.20. The van der Waals surface area contributed by atoms with E-state index in [9.17, 15) is 9.59 Å². The normalized spacial score (nSPS) is 11.0. The molecule has 0 aliphatic rings. The number of carbonyl (C=O) groups excluding carboxylic acids is 1. The van der Waals surface area contributed by atoms with E-state index >= 15 is 0 Å². The third-order valence-corrected chi connectivity index (χ3v) is 4.70. The zero-order valence-corrected chi connectivity index (χ0v) is 16.9. The number of ether oxygens (including phenoxy) is 1. The molecule has 0 atom stereocenters. The highest BCUT2D eigenvalue weighted by molar-refractivity contribution is 9.10. The van der Waals surface area contributed by atoms with Crippen LogP contribution in [0.4, 0.5) is 5.69 Å². The maximum absolute atomic E-state index is 12.2. The number of hydrogen-bond donors (Lipinski definition) is 1. The van der Waals surface area contributed by atoms with Crippen LogP contribution < -0.4 is 15.7 Å². The molecule has 0 aliphatic carbocycles. The summed E-state index contributed by atoms with van der Waals surface area (Å²) in [4.78, 5) is 23.9. The Bertz CT molecular complexity index is 1060. The van der Waals surface area contributed by atoms with Crippen LogP contribution in [0, 0.1) is 6.92 Å². The molecule has 0 saturated carbocycles. The van der Waals surface area contributed by atoms with Crippen molar-refractivity contribution in [3.05, 3.63) is 68.5 Å². The molecule has 140 valence electrons. The lowest BCUT2D eigenvalue weighted by molar-refractivity contribution is -0.118. The van der Waals surface area contributed by atoms with Crippen LogP contribution in [0.2, 0.25) is 0 Å². The van der Waals surface area contributed by atoms with Crippen LogP contribution in [-0.4, -0.2) is 12.5 Å². The molecule has 0 saturated heterocycles. The van der Waals surface area contributed by atoms with Gasteiger partial charge >= 0.3 is 5.63 Å². The Morgan fingerprint density at radius 3 is 2.67 bits per heavy atom. The van der Waals surface area contributed by atoms with Crippen molar-refractivity contribution in [2.24, 2.45) is 0 Å². The van der Waals surface area contributed by atoms with Crippen LogP contribution in [-0.2, 0) is 4.79 Å². The van der Waals surface area contributed by atoms with E-state index in [1.54, 1.807) is 12.1 Å². The molecule has 3 aromatic rings. The molecule has 1 N–H and O–H groups in total. The van der Waals surface area contributed by atoms with Crippen molar-refractivity contribution in [2.75, 3.05) is 11.9 Å². The molecular weight excluding hydrogens is 410 g/mol. The minimum absolute atomic E-state index is 0.144. The van der Waals surface area contributed by atoms with Gasteiger partial charge in [-0.3, -0.25) is 4.79 Å². The topological polar surface area (TPSA) is 68.5 Å². The second kappa shape index (κ2) is 7.96. The molecule has 0 spiro atoms. The molecular formula is C21H20BrNO4. The summed E-state index contributed by atoms with van der Waals surface area (Å²) in [6.07, 6.45) is 0. The fourth-order valence-corrected chi connectivity index (χ4v) is 3.31. The van der Waals surface area contributed by atoms with Gasteiger partial charge in [-0.15, -0.1) is 0 Å². The molecule has 0 aliphatic heterocycles. The van der Waals surface area contributed by atoms with Gasteiger partial charge < -0.3 is 14.5 Å². The Labute approximate surface area is 165 Å². The monoisotopic (exact) mass is 429 g/mol. The van der Waals surface area contributed by atoms with E-state index in [4.69, 9.17) is 9.15 Å². The van der Waals surface area contributed by atoms with E-state index in [0.29, 0.717) is 11.3 Å². The van der Waals surface area contributed by atoms with Gasteiger partial charge in [-0.05, 0) is 54.3 Å². The highest BCUT2D eigenvalue weighted by Gasteiger charge is 2.11. The van der Waals surface area contributed by atoms with Crippen LogP contribution >= 0.6 is 15.9 Å². The summed E-state index contributed by atoms with van der Waals surface area (Å²) in [7, 11) is 0. The fourth-order valence-electron chi connectivity index (χ4n) is 2.84. The van der Waals surface area contributed by atoms with Gasteiger partial charge in [-0.25, -0.2) is 4.79 Å². The summed E-state index contributed by atoms with van der Waals surface area (Å²) in [5.41, 5.74) is 2.67. The quantitative estimate of drug-likeness (QED) is 0.579. The second-order valence-electron chi connectivity index (χ2n) is 6.63. The predicted molar refractivity (Wildman–Crippen MR) is 110 cm³/mol. The van der Waals surface area contributed by atoms with E-state index in [2.05, 4.69) is 21.2 Å². The van der Waals surface area contributed by atoms with E-state index in [1.807, 2.05) is 45.0 Å². The molecule has 0 radical (unpaired) electrons.